The predicted molar refractivity (Wildman–Crippen MR) is 59.5 cm³/mol. The predicted octanol–water partition coefficient (Wildman–Crippen LogP) is 3.46. The number of rotatable bonds is 1. The average Bonchev–Trinajstić information content (AvgIpc) is 2.14. The second-order valence-corrected chi connectivity index (χ2v) is 5.12. The first-order valence-electron chi connectivity index (χ1n) is 5.19. The van der Waals surface area contributed by atoms with Crippen LogP contribution >= 0.6 is 0 Å². The molecular formula is C12H16F3NO. The third kappa shape index (κ3) is 3.12. The molecule has 3 N–H and O–H groups in total. The lowest BCUT2D eigenvalue weighted by molar-refractivity contribution is -0.138. The van der Waals surface area contributed by atoms with Crippen LogP contribution in [0.25, 0.3) is 0 Å². The second-order valence-electron chi connectivity index (χ2n) is 5.12. The van der Waals surface area contributed by atoms with Gasteiger partial charge in [-0.3, -0.25) is 0 Å². The van der Waals surface area contributed by atoms with Gasteiger partial charge in [0.1, 0.15) is 5.75 Å². The van der Waals surface area contributed by atoms with E-state index in [0.717, 1.165) is 12.1 Å². The average molecular weight is 247 g/mol. The standard InChI is InChI=1S/C12H16F3NO/c1-11(2,3)10(16)7-4-5-9(17)8(6-7)12(13,14)15/h4-6,10,17H,16H2,1-3H3. The van der Waals surface area contributed by atoms with E-state index >= 15 is 0 Å². The van der Waals surface area contributed by atoms with Crippen molar-refractivity contribution in [3.8, 4) is 5.75 Å². The Morgan fingerprint density at radius 3 is 2.12 bits per heavy atom. The molecule has 5 heteroatoms. The van der Waals surface area contributed by atoms with Crippen LogP contribution in [-0.4, -0.2) is 5.11 Å². The van der Waals surface area contributed by atoms with E-state index in [-0.39, 0.29) is 5.41 Å². The van der Waals surface area contributed by atoms with Crippen LogP contribution in [0.1, 0.15) is 37.9 Å². The zero-order valence-electron chi connectivity index (χ0n) is 9.97. The Morgan fingerprint density at radius 2 is 1.71 bits per heavy atom. The Kier molecular flexibility index (Phi) is 3.43. The zero-order chi connectivity index (χ0) is 13.4. The molecular weight excluding hydrogens is 231 g/mol. The molecule has 0 aromatic heterocycles. The molecule has 17 heavy (non-hydrogen) atoms. The van der Waals surface area contributed by atoms with E-state index < -0.39 is 23.5 Å². The lowest BCUT2D eigenvalue weighted by Gasteiger charge is -2.28. The van der Waals surface area contributed by atoms with Gasteiger partial charge in [0.05, 0.1) is 5.56 Å². The summed E-state index contributed by atoms with van der Waals surface area (Å²) in [5.74, 6) is -0.776. The molecule has 1 rings (SSSR count). The van der Waals surface area contributed by atoms with Crippen LogP contribution in [0.3, 0.4) is 0 Å². The van der Waals surface area contributed by atoms with Gasteiger partial charge >= 0.3 is 6.18 Å². The minimum Gasteiger partial charge on any atom is -0.507 e. The Labute approximate surface area is 98.3 Å². The Balaban J connectivity index is 3.23. The topological polar surface area (TPSA) is 46.2 Å². The summed E-state index contributed by atoms with van der Waals surface area (Å²) in [6, 6.07) is 2.83. The number of alkyl halides is 3. The van der Waals surface area contributed by atoms with Gasteiger partial charge in [0.15, 0.2) is 0 Å². The molecule has 0 aliphatic carbocycles. The molecule has 0 spiro atoms. The van der Waals surface area contributed by atoms with Gasteiger partial charge in [0.2, 0.25) is 0 Å². The summed E-state index contributed by atoms with van der Waals surface area (Å²) in [4.78, 5) is 0. The summed E-state index contributed by atoms with van der Waals surface area (Å²) in [6.45, 7) is 5.54. The molecule has 2 nitrogen and oxygen atoms in total. The van der Waals surface area contributed by atoms with Gasteiger partial charge in [-0.1, -0.05) is 26.8 Å². The summed E-state index contributed by atoms with van der Waals surface area (Å²) in [6.07, 6.45) is -4.57. The van der Waals surface area contributed by atoms with Crippen LogP contribution in [0.4, 0.5) is 13.2 Å². The first-order chi connectivity index (χ1) is 7.53. The fourth-order valence-corrected chi connectivity index (χ4v) is 1.47. The molecule has 0 saturated heterocycles. The van der Waals surface area contributed by atoms with Crippen LogP contribution in [0.5, 0.6) is 5.75 Å². The maximum absolute atomic E-state index is 12.6. The molecule has 0 heterocycles. The van der Waals surface area contributed by atoms with Crippen molar-refractivity contribution in [2.24, 2.45) is 11.1 Å². The van der Waals surface area contributed by atoms with Crippen molar-refractivity contribution >= 4 is 0 Å². The molecule has 0 saturated carbocycles. The number of hydrogen-bond acceptors (Lipinski definition) is 2. The molecule has 0 aliphatic heterocycles. The highest BCUT2D eigenvalue weighted by molar-refractivity contribution is 5.39. The van der Waals surface area contributed by atoms with E-state index in [1.807, 2.05) is 20.8 Å². The smallest absolute Gasteiger partial charge is 0.419 e. The van der Waals surface area contributed by atoms with Crippen LogP contribution in [0, 0.1) is 5.41 Å². The molecule has 1 aromatic carbocycles. The molecule has 96 valence electrons. The molecule has 0 radical (unpaired) electrons. The van der Waals surface area contributed by atoms with Crippen molar-refractivity contribution in [2.75, 3.05) is 0 Å². The normalized spacial score (nSPS) is 14.8. The molecule has 0 bridgehead atoms. The Bertz CT molecular complexity index is 407. The number of aromatic hydroxyl groups is 1. The minimum atomic E-state index is -4.57. The van der Waals surface area contributed by atoms with E-state index in [1.54, 1.807) is 0 Å². The summed E-state index contributed by atoms with van der Waals surface area (Å²) in [7, 11) is 0. The molecule has 0 fully saturated rings. The van der Waals surface area contributed by atoms with Crippen LogP contribution in [0.15, 0.2) is 18.2 Å². The third-order valence-corrected chi connectivity index (χ3v) is 2.62. The van der Waals surface area contributed by atoms with E-state index in [1.165, 1.54) is 6.07 Å². The van der Waals surface area contributed by atoms with Crippen molar-refractivity contribution in [2.45, 2.75) is 33.0 Å². The molecule has 0 aliphatic rings. The largest absolute Gasteiger partial charge is 0.507 e. The Hall–Kier alpha value is -1.23. The number of nitrogens with two attached hydrogens (primary N) is 1. The van der Waals surface area contributed by atoms with Crippen molar-refractivity contribution in [1.82, 2.24) is 0 Å². The quantitative estimate of drug-likeness (QED) is 0.798. The van der Waals surface area contributed by atoms with E-state index in [4.69, 9.17) is 5.73 Å². The number of benzene rings is 1. The highest BCUT2D eigenvalue weighted by atomic mass is 19.4. The zero-order valence-corrected chi connectivity index (χ0v) is 9.97. The first-order valence-corrected chi connectivity index (χ1v) is 5.19. The monoisotopic (exact) mass is 247 g/mol. The summed E-state index contributed by atoms with van der Waals surface area (Å²) >= 11 is 0. The number of halogens is 3. The van der Waals surface area contributed by atoms with E-state index in [0.29, 0.717) is 5.56 Å². The Morgan fingerprint density at radius 1 is 1.18 bits per heavy atom. The van der Waals surface area contributed by atoms with Gasteiger partial charge in [-0.05, 0) is 23.1 Å². The summed E-state index contributed by atoms with van der Waals surface area (Å²) in [5, 5.41) is 9.19. The van der Waals surface area contributed by atoms with E-state index in [2.05, 4.69) is 0 Å². The summed E-state index contributed by atoms with van der Waals surface area (Å²) < 4.78 is 37.8. The van der Waals surface area contributed by atoms with Gasteiger partial charge in [-0.2, -0.15) is 13.2 Å². The van der Waals surface area contributed by atoms with Crippen molar-refractivity contribution < 1.29 is 18.3 Å². The number of phenols is 1. The van der Waals surface area contributed by atoms with Gasteiger partial charge in [0.25, 0.3) is 0 Å². The van der Waals surface area contributed by atoms with Crippen LogP contribution in [-0.2, 0) is 6.18 Å². The SMILES string of the molecule is CC(C)(C)C(N)c1ccc(O)c(C(F)(F)F)c1. The molecule has 1 atom stereocenters. The van der Waals surface area contributed by atoms with Crippen LogP contribution in [0.2, 0.25) is 0 Å². The highest BCUT2D eigenvalue weighted by Gasteiger charge is 2.35. The minimum absolute atomic E-state index is 0.347. The van der Waals surface area contributed by atoms with Crippen molar-refractivity contribution in [3.63, 3.8) is 0 Å². The van der Waals surface area contributed by atoms with Gasteiger partial charge in [0, 0.05) is 6.04 Å². The van der Waals surface area contributed by atoms with Crippen molar-refractivity contribution in [3.05, 3.63) is 29.3 Å². The maximum Gasteiger partial charge on any atom is 0.419 e. The van der Waals surface area contributed by atoms with Gasteiger partial charge < -0.3 is 10.8 Å². The van der Waals surface area contributed by atoms with Gasteiger partial charge in [-0.25, -0.2) is 0 Å². The molecule has 1 aromatic rings. The first kappa shape index (κ1) is 13.8. The fraction of sp³-hybridized carbons (Fsp3) is 0.500. The van der Waals surface area contributed by atoms with Crippen molar-refractivity contribution in [1.29, 1.82) is 0 Å². The highest BCUT2D eigenvalue weighted by Crippen LogP contribution is 2.39. The number of hydrogen-bond donors (Lipinski definition) is 2. The van der Waals surface area contributed by atoms with Crippen LogP contribution < -0.4 is 5.73 Å². The second kappa shape index (κ2) is 4.22. The number of phenolic OH excluding ortho intramolecular Hbond substituents is 1. The molecule has 0 amide bonds. The van der Waals surface area contributed by atoms with Gasteiger partial charge in [-0.15, -0.1) is 0 Å². The fourth-order valence-electron chi connectivity index (χ4n) is 1.47. The van der Waals surface area contributed by atoms with E-state index in [9.17, 15) is 18.3 Å². The lowest BCUT2D eigenvalue weighted by Crippen LogP contribution is -2.26. The lowest BCUT2D eigenvalue weighted by atomic mass is 9.82. The molecule has 1 unspecified atom stereocenters. The maximum atomic E-state index is 12.6. The third-order valence-electron chi connectivity index (χ3n) is 2.62. The summed E-state index contributed by atoms with van der Waals surface area (Å²) in [5.41, 5.74) is 4.85.